The van der Waals surface area contributed by atoms with Crippen molar-refractivity contribution in [2.45, 2.75) is 39.0 Å². The fourth-order valence-corrected chi connectivity index (χ4v) is 3.15. The molecule has 0 spiro atoms. The van der Waals surface area contributed by atoms with Gasteiger partial charge in [-0.3, -0.25) is 4.98 Å². The second kappa shape index (κ2) is 4.43. The number of nitrogens with zero attached hydrogens (tertiary/aromatic N) is 1. The third kappa shape index (κ3) is 1.85. The molecule has 18 heavy (non-hydrogen) atoms. The highest BCUT2D eigenvalue weighted by atomic mass is 35.5. The van der Waals surface area contributed by atoms with Crippen molar-refractivity contribution >= 4 is 28.2 Å². The Morgan fingerprint density at radius 3 is 2.78 bits per heavy atom. The summed E-state index contributed by atoms with van der Waals surface area (Å²) in [5.41, 5.74) is 11.6. The van der Waals surface area contributed by atoms with Gasteiger partial charge in [0, 0.05) is 16.8 Å². The minimum Gasteiger partial charge on any atom is -0.398 e. The Hall–Kier alpha value is -1.28. The Kier molecular flexibility index (Phi) is 2.90. The molecule has 0 amide bonds. The zero-order valence-electron chi connectivity index (χ0n) is 10.6. The Morgan fingerprint density at radius 1 is 1.17 bits per heavy atom. The third-order valence-electron chi connectivity index (χ3n) is 3.76. The summed E-state index contributed by atoms with van der Waals surface area (Å²) in [6.45, 7) is 2.04. The van der Waals surface area contributed by atoms with Gasteiger partial charge in [0.05, 0.1) is 10.5 Å². The van der Waals surface area contributed by atoms with Crippen LogP contribution >= 0.6 is 11.6 Å². The standard InChI is InChI=1S/C15H17ClN2/c1-9-7-11-14(17)10-5-3-2-4-6-13(10)18-15(11)12(16)8-9/h7-8H,2-6H2,1H3,(H2,17,18). The number of aryl methyl sites for hydroxylation is 2. The van der Waals surface area contributed by atoms with Crippen molar-refractivity contribution in [3.05, 3.63) is 34.0 Å². The molecule has 1 aromatic heterocycles. The van der Waals surface area contributed by atoms with E-state index in [0.29, 0.717) is 5.02 Å². The normalized spacial score (nSPS) is 15.4. The Balaban J connectivity index is 2.34. The molecule has 94 valence electrons. The molecule has 2 N–H and O–H groups in total. The number of anilines is 1. The molecule has 0 saturated heterocycles. The number of pyridine rings is 1. The molecule has 1 heterocycles. The van der Waals surface area contributed by atoms with Crippen LogP contribution < -0.4 is 5.73 Å². The van der Waals surface area contributed by atoms with E-state index >= 15 is 0 Å². The van der Waals surface area contributed by atoms with Crippen LogP contribution in [0, 0.1) is 6.92 Å². The van der Waals surface area contributed by atoms with Crippen molar-refractivity contribution in [1.82, 2.24) is 4.98 Å². The first-order valence-electron chi connectivity index (χ1n) is 6.54. The van der Waals surface area contributed by atoms with Crippen LogP contribution in [-0.2, 0) is 12.8 Å². The van der Waals surface area contributed by atoms with Crippen LogP contribution in [0.15, 0.2) is 12.1 Å². The maximum absolute atomic E-state index is 6.35. The summed E-state index contributed by atoms with van der Waals surface area (Å²) in [6.07, 6.45) is 5.76. The van der Waals surface area contributed by atoms with Crippen LogP contribution in [0.25, 0.3) is 10.9 Å². The molecule has 1 aliphatic carbocycles. The van der Waals surface area contributed by atoms with Gasteiger partial charge in [0.25, 0.3) is 0 Å². The number of nitrogen functional groups attached to an aromatic ring is 1. The molecule has 1 aromatic carbocycles. The molecule has 0 fully saturated rings. The topological polar surface area (TPSA) is 38.9 Å². The molecular weight excluding hydrogens is 244 g/mol. The number of halogens is 1. The molecule has 2 nitrogen and oxygen atoms in total. The number of hydrogen-bond acceptors (Lipinski definition) is 2. The van der Waals surface area contributed by atoms with Gasteiger partial charge in [-0.2, -0.15) is 0 Å². The number of benzene rings is 1. The Labute approximate surface area is 112 Å². The molecule has 1 aliphatic rings. The average molecular weight is 261 g/mol. The minimum atomic E-state index is 0.712. The van der Waals surface area contributed by atoms with Crippen molar-refractivity contribution in [2.75, 3.05) is 5.73 Å². The van der Waals surface area contributed by atoms with E-state index in [0.717, 1.165) is 40.7 Å². The number of nitrogens with two attached hydrogens (primary N) is 1. The summed E-state index contributed by atoms with van der Waals surface area (Å²) in [5.74, 6) is 0. The first-order valence-corrected chi connectivity index (χ1v) is 6.91. The quantitative estimate of drug-likeness (QED) is 0.726. The molecule has 0 saturated carbocycles. The van der Waals surface area contributed by atoms with Crippen LogP contribution in [0.4, 0.5) is 5.69 Å². The van der Waals surface area contributed by atoms with Crippen LogP contribution in [-0.4, -0.2) is 4.98 Å². The molecule has 0 unspecified atom stereocenters. The fourth-order valence-electron chi connectivity index (χ4n) is 2.83. The van der Waals surface area contributed by atoms with E-state index in [1.165, 1.54) is 24.8 Å². The average Bonchev–Trinajstić information content (AvgIpc) is 2.56. The molecular formula is C15H17ClN2. The van der Waals surface area contributed by atoms with E-state index in [1.54, 1.807) is 0 Å². The first kappa shape index (κ1) is 11.8. The summed E-state index contributed by atoms with van der Waals surface area (Å²) in [7, 11) is 0. The highest BCUT2D eigenvalue weighted by molar-refractivity contribution is 6.35. The Bertz CT molecular complexity index is 620. The second-order valence-corrected chi connectivity index (χ2v) is 5.56. The summed E-state index contributed by atoms with van der Waals surface area (Å²) >= 11 is 6.30. The van der Waals surface area contributed by atoms with Crippen LogP contribution in [0.1, 0.15) is 36.1 Å². The van der Waals surface area contributed by atoms with Crippen LogP contribution in [0.3, 0.4) is 0 Å². The van der Waals surface area contributed by atoms with Crippen molar-refractivity contribution in [3.8, 4) is 0 Å². The van der Waals surface area contributed by atoms with E-state index in [2.05, 4.69) is 6.07 Å². The molecule has 3 heteroatoms. The van der Waals surface area contributed by atoms with E-state index in [4.69, 9.17) is 22.3 Å². The largest absolute Gasteiger partial charge is 0.398 e. The predicted molar refractivity (Wildman–Crippen MR) is 77.2 cm³/mol. The molecule has 0 aliphatic heterocycles. The lowest BCUT2D eigenvalue weighted by Gasteiger charge is -2.13. The van der Waals surface area contributed by atoms with Crippen molar-refractivity contribution < 1.29 is 0 Å². The lowest BCUT2D eigenvalue weighted by atomic mass is 10.0. The van der Waals surface area contributed by atoms with Gasteiger partial charge in [-0.05, 0) is 55.9 Å². The van der Waals surface area contributed by atoms with E-state index in [-0.39, 0.29) is 0 Å². The number of fused-ring (bicyclic) bond motifs is 2. The smallest absolute Gasteiger partial charge is 0.0912 e. The summed E-state index contributed by atoms with van der Waals surface area (Å²) in [6, 6.07) is 4.05. The molecule has 2 aromatic rings. The van der Waals surface area contributed by atoms with Gasteiger partial charge in [-0.15, -0.1) is 0 Å². The van der Waals surface area contributed by atoms with Gasteiger partial charge in [0.1, 0.15) is 0 Å². The van der Waals surface area contributed by atoms with Gasteiger partial charge < -0.3 is 5.73 Å². The maximum atomic E-state index is 6.35. The monoisotopic (exact) mass is 260 g/mol. The predicted octanol–water partition coefficient (Wildman–Crippen LogP) is 4.05. The first-order chi connectivity index (χ1) is 8.66. The lowest BCUT2D eigenvalue weighted by molar-refractivity contribution is 0.709. The molecule has 0 radical (unpaired) electrons. The zero-order valence-corrected chi connectivity index (χ0v) is 11.3. The SMILES string of the molecule is Cc1cc(Cl)c2nc3c(c(N)c2c1)CCCCC3. The van der Waals surface area contributed by atoms with Gasteiger partial charge >= 0.3 is 0 Å². The minimum absolute atomic E-state index is 0.712. The fraction of sp³-hybridized carbons (Fsp3) is 0.400. The van der Waals surface area contributed by atoms with Gasteiger partial charge in [0.15, 0.2) is 0 Å². The number of rotatable bonds is 0. The summed E-state index contributed by atoms with van der Waals surface area (Å²) in [4.78, 5) is 4.77. The van der Waals surface area contributed by atoms with E-state index < -0.39 is 0 Å². The van der Waals surface area contributed by atoms with Gasteiger partial charge in [-0.1, -0.05) is 18.0 Å². The van der Waals surface area contributed by atoms with Crippen LogP contribution in [0.5, 0.6) is 0 Å². The van der Waals surface area contributed by atoms with Gasteiger partial charge in [-0.25, -0.2) is 0 Å². The van der Waals surface area contributed by atoms with Crippen LogP contribution in [0.2, 0.25) is 5.02 Å². The third-order valence-corrected chi connectivity index (χ3v) is 4.05. The van der Waals surface area contributed by atoms with Gasteiger partial charge in [0.2, 0.25) is 0 Å². The molecule has 0 atom stereocenters. The number of aromatic nitrogens is 1. The van der Waals surface area contributed by atoms with E-state index in [9.17, 15) is 0 Å². The summed E-state index contributed by atoms with van der Waals surface area (Å²) < 4.78 is 0. The zero-order chi connectivity index (χ0) is 12.7. The van der Waals surface area contributed by atoms with Crippen molar-refractivity contribution in [1.29, 1.82) is 0 Å². The highest BCUT2D eigenvalue weighted by Crippen LogP contribution is 2.34. The number of hydrogen-bond donors (Lipinski definition) is 1. The highest BCUT2D eigenvalue weighted by Gasteiger charge is 2.16. The maximum Gasteiger partial charge on any atom is 0.0912 e. The Morgan fingerprint density at radius 2 is 1.94 bits per heavy atom. The second-order valence-electron chi connectivity index (χ2n) is 5.15. The lowest BCUT2D eigenvalue weighted by Crippen LogP contribution is -2.03. The van der Waals surface area contributed by atoms with Crippen molar-refractivity contribution in [3.63, 3.8) is 0 Å². The van der Waals surface area contributed by atoms with Crippen molar-refractivity contribution in [2.24, 2.45) is 0 Å². The summed E-state index contributed by atoms with van der Waals surface area (Å²) in [5, 5.41) is 1.73. The molecule has 3 rings (SSSR count). The van der Waals surface area contributed by atoms with E-state index in [1.807, 2.05) is 13.0 Å². The molecule has 0 bridgehead atoms.